The lowest BCUT2D eigenvalue weighted by molar-refractivity contribution is -0.148. The Morgan fingerprint density at radius 1 is 1.19 bits per heavy atom. The Morgan fingerprint density at radius 2 is 1.91 bits per heavy atom. The third-order valence-electron chi connectivity index (χ3n) is 9.47. The second-order valence-electron chi connectivity index (χ2n) is 12.9. The molecular weight excluding hydrogens is 560 g/mol. The standard InChI is InChI=1S/C30H33F2N7O4/c1-37(27(40)24(9-17-4-5-17)39-14-22(35-36-39)18-6-7-18)23(8-16-2-3-16)28(41)38-15-30(12-20(38)13-33)29(42)34-26-21(32)10-19(31)11-25(26)43-30/h10-11,14,16-18,20,23-24H,2-9,12,15H2,1H3,(H,34,42)/t20-,23-,24+,30+/m0/s1. The number of halogens is 2. The summed E-state index contributed by atoms with van der Waals surface area (Å²) in [5.74, 6) is -2.42. The van der Waals surface area contributed by atoms with Crippen molar-refractivity contribution in [3.63, 3.8) is 0 Å². The van der Waals surface area contributed by atoms with Crippen LogP contribution in [0.4, 0.5) is 14.5 Å². The number of benzene rings is 1. The summed E-state index contributed by atoms with van der Waals surface area (Å²) in [5, 5.41) is 21.1. The first-order valence-electron chi connectivity index (χ1n) is 15.0. The van der Waals surface area contributed by atoms with Crippen LogP contribution in [0, 0.1) is 34.8 Å². The first kappa shape index (κ1) is 27.7. The highest BCUT2D eigenvalue weighted by Crippen LogP contribution is 2.44. The summed E-state index contributed by atoms with van der Waals surface area (Å²) in [7, 11) is 1.62. The molecule has 7 rings (SSSR count). The zero-order valence-corrected chi connectivity index (χ0v) is 23.8. The van der Waals surface area contributed by atoms with E-state index in [0.29, 0.717) is 30.7 Å². The van der Waals surface area contributed by atoms with Gasteiger partial charge >= 0.3 is 0 Å². The van der Waals surface area contributed by atoms with E-state index in [9.17, 15) is 28.4 Å². The number of rotatable bonds is 9. The van der Waals surface area contributed by atoms with E-state index >= 15 is 0 Å². The molecular formula is C30H33F2N7O4. The van der Waals surface area contributed by atoms with E-state index in [2.05, 4.69) is 21.7 Å². The van der Waals surface area contributed by atoms with E-state index in [1.807, 2.05) is 6.20 Å². The second-order valence-corrected chi connectivity index (χ2v) is 12.9. The van der Waals surface area contributed by atoms with Crippen LogP contribution in [-0.4, -0.2) is 73.8 Å². The number of nitrogens with zero attached hydrogens (tertiary/aromatic N) is 6. The van der Waals surface area contributed by atoms with E-state index in [1.54, 1.807) is 11.7 Å². The normalized spacial score (nSPS) is 25.9. The summed E-state index contributed by atoms with van der Waals surface area (Å²) in [6.45, 7) is -0.296. The summed E-state index contributed by atoms with van der Waals surface area (Å²) in [5.41, 5.74) is -1.11. The maximum Gasteiger partial charge on any atom is 0.270 e. The van der Waals surface area contributed by atoms with Gasteiger partial charge in [0.05, 0.1) is 18.3 Å². The molecule has 1 saturated heterocycles. The van der Waals surface area contributed by atoms with Crippen molar-refractivity contribution >= 4 is 23.4 Å². The molecule has 1 spiro atoms. The predicted octanol–water partition coefficient (Wildman–Crippen LogP) is 3.30. The molecule has 2 aliphatic heterocycles. The van der Waals surface area contributed by atoms with Crippen molar-refractivity contribution < 1.29 is 27.9 Å². The van der Waals surface area contributed by atoms with Gasteiger partial charge in [-0.3, -0.25) is 14.4 Å². The van der Waals surface area contributed by atoms with E-state index in [1.165, 1.54) is 9.80 Å². The molecule has 1 N–H and O–H groups in total. The molecule has 226 valence electrons. The summed E-state index contributed by atoms with van der Waals surface area (Å²) in [4.78, 5) is 44.3. The molecule has 3 heterocycles. The second kappa shape index (κ2) is 10.3. The van der Waals surface area contributed by atoms with Gasteiger partial charge in [0.25, 0.3) is 5.91 Å². The van der Waals surface area contributed by atoms with Crippen molar-refractivity contribution in [1.29, 1.82) is 5.26 Å². The van der Waals surface area contributed by atoms with Gasteiger partial charge in [0.1, 0.15) is 29.6 Å². The van der Waals surface area contributed by atoms with Crippen LogP contribution in [0.1, 0.15) is 75.4 Å². The van der Waals surface area contributed by atoms with Crippen molar-refractivity contribution in [3.8, 4) is 11.8 Å². The zero-order valence-electron chi connectivity index (χ0n) is 23.8. The predicted molar refractivity (Wildman–Crippen MR) is 146 cm³/mol. The Balaban J connectivity index is 1.15. The molecule has 4 fully saturated rings. The first-order valence-corrected chi connectivity index (χ1v) is 15.0. The number of anilines is 1. The quantitative estimate of drug-likeness (QED) is 0.472. The third-order valence-corrected chi connectivity index (χ3v) is 9.47. The molecule has 3 saturated carbocycles. The average Bonchev–Trinajstić information content (AvgIpc) is 3.90. The molecule has 3 aliphatic carbocycles. The highest BCUT2D eigenvalue weighted by atomic mass is 19.1. The smallest absolute Gasteiger partial charge is 0.270 e. The van der Waals surface area contributed by atoms with E-state index < -0.39 is 47.2 Å². The zero-order chi connectivity index (χ0) is 30.0. The van der Waals surface area contributed by atoms with Gasteiger partial charge in [-0.05, 0) is 37.5 Å². The largest absolute Gasteiger partial charge is 0.473 e. The molecule has 13 heteroatoms. The van der Waals surface area contributed by atoms with Crippen LogP contribution in [0.5, 0.6) is 5.75 Å². The summed E-state index contributed by atoms with van der Waals surface area (Å²) >= 11 is 0. The number of aromatic nitrogens is 3. The number of carbonyl (C=O) groups is 3. The van der Waals surface area contributed by atoms with E-state index in [-0.39, 0.29) is 36.2 Å². The minimum Gasteiger partial charge on any atom is -0.473 e. The first-order chi connectivity index (χ1) is 20.7. The van der Waals surface area contributed by atoms with Crippen LogP contribution >= 0.6 is 0 Å². The lowest BCUT2D eigenvalue weighted by Gasteiger charge is -2.36. The number of hydrogen-bond donors (Lipinski definition) is 1. The van der Waals surface area contributed by atoms with E-state index in [4.69, 9.17) is 4.74 Å². The van der Waals surface area contributed by atoms with Gasteiger partial charge in [-0.2, -0.15) is 5.26 Å². The van der Waals surface area contributed by atoms with Crippen LogP contribution < -0.4 is 10.1 Å². The highest BCUT2D eigenvalue weighted by Gasteiger charge is 2.57. The number of hydrogen-bond acceptors (Lipinski definition) is 7. The molecule has 0 radical (unpaired) electrons. The maximum absolute atomic E-state index is 14.3. The van der Waals surface area contributed by atoms with E-state index in [0.717, 1.165) is 50.3 Å². The molecule has 43 heavy (non-hydrogen) atoms. The number of amides is 3. The topological polar surface area (TPSA) is 133 Å². The Hall–Kier alpha value is -4.08. The van der Waals surface area contributed by atoms with Gasteiger partial charge in [-0.1, -0.05) is 30.9 Å². The minimum absolute atomic E-state index is 0.181. The molecule has 1 aromatic carbocycles. The van der Waals surface area contributed by atoms with Gasteiger partial charge in [0, 0.05) is 37.7 Å². The van der Waals surface area contributed by atoms with Gasteiger partial charge in [-0.25, -0.2) is 13.5 Å². The number of ether oxygens (including phenoxy) is 1. The Morgan fingerprint density at radius 3 is 2.58 bits per heavy atom. The van der Waals surface area contributed by atoms with Gasteiger partial charge < -0.3 is 19.9 Å². The van der Waals surface area contributed by atoms with Crippen LogP contribution in [0.2, 0.25) is 0 Å². The minimum atomic E-state index is -1.70. The fraction of sp³-hybridized carbons (Fsp3) is 0.600. The number of carbonyl (C=O) groups excluding carboxylic acids is 3. The Kier molecular flexibility index (Phi) is 6.63. The molecule has 2 aromatic rings. The van der Waals surface area contributed by atoms with Crippen molar-refractivity contribution in [2.75, 3.05) is 18.9 Å². The van der Waals surface area contributed by atoms with Crippen LogP contribution in [-0.2, 0) is 14.4 Å². The van der Waals surface area contributed by atoms with Gasteiger partial charge in [0.2, 0.25) is 17.4 Å². The summed E-state index contributed by atoms with van der Waals surface area (Å²) < 4.78 is 35.9. The molecule has 11 nitrogen and oxygen atoms in total. The molecule has 5 aliphatic rings. The van der Waals surface area contributed by atoms with Crippen LogP contribution in [0.3, 0.4) is 0 Å². The number of likely N-dealkylation sites (tertiary alicyclic amines) is 1. The molecule has 4 atom stereocenters. The number of likely N-dealkylation sites (N-methyl/N-ethyl adjacent to an activating group) is 1. The van der Waals surface area contributed by atoms with Crippen LogP contribution in [0.15, 0.2) is 18.3 Å². The number of nitriles is 1. The Bertz CT molecular complexity index is 1530. The summed E-state index contributed by atoms with van der Waals surface area (Å²) in [6, 6.07) is 1.20. The molecule has 3 amide bonds. The monoisotopic (exact) mass is 593 g/mol. The average molecular weight is 594 g/mol. The van der Waals surface area contributed by atoms with Gasteiger partial charge in [0.15, 0.2) is 11.6 Å². The maximum atomic E-state index is 14.3. The number of nitrogens with one attached hydrogen (secondary N) is 1. The fourth-order valence-electron chi connectivity index (χ4n) is 6.37. The Labute approximate surface area is 247 Å². The lowest BCUT2D eigenvalue weighted by Crippen LogP contribution is -2.56. The molecule has 0 bridgehead atoms. The molecule has 0 unspecified atom stereocenters. The van der Waals surface area contributed by atoms with Crippen LogP contribution in [0.25, 0.3) is 0 Å². The fourth-order valence-corrected chi connectivity index (χ4v) is 6.37. The lowest BCUT2D eigenvalue weighted by atomic mass is 9.97. The van der Waals surface area contributed by atoms with Crippen molar-refractivity contribution in [2.45, 2.75) is 87.4 Å². The van der Waals surface area contributed by atoms with Crippen molar-refractivity contribution in [2.24, 2.45) is 11.8 Å². The van der Waals surface area contributed by atoms with Crippen molar-refractivity contribution in [1.82, 2.24) is 24.8 Å². The molecule has 1 aromatic heterocycles. The highest BCUT2D eigenvalue weighted by molar-refractivity contribution is 6.02. The SMILES string of the molecule is CN(C(=O)[C@@H](CC1CC1)n1cc(C2CC2)nn1)[C@@H](CC1CC1)C(=O)N1C[C@@]2(C[C@H]1C#N)Oc1cc(F)cc(F)c1NC2=O. The van der Waals surface area contributed by atoms with Crippen molar-refractivity contribution in [3.05, 3.63) is 35.7 Å². The number of fused-ring (bicyclic) bond motifs is 1. The third kappa shape index (κ3) is 5.21. The summed E-state index contributed by atoms with van der Waals surface area (Å²) in [6.07, 6.45) is 8.80. The van der Waals surface area contributed by atoms with Gasteiger partial charge in [-0.15, -0.1) is 5.10 Å².